The zero-order valence-electron chi connectivity index (χ0n) is 16.1. The van der Waals surface area contributed by atoms with Gasteiger partial charge in [0.15, 0.2) is 11.5 Å². The summed E-state index contributed by atoms with van der Waals surface area (Å²) >= 11 is 0. The van der Waals surface area contributed by atoms with Crippen LogP contribution in [-0.4, -0.2) is 25.5 Å². The molecule has 0 aliphatic carbocycles. The summed E-state index contributed by atoms with van der Waals surface area (Å²) in [6, 6.07) is 4.40. The number of alkyl halides is 6. The van der Waals surface area contributed by atoms with Crippen LogP contribution in [0.4, 0.5) is 26.3 Å². The predicted octanol–water partition coefficient (Wildman–Crippen LogP) is 4.21. The molecular weight excluding hydrogens is 434 g/mol. The Morgan fingerprint density at radius 3 is 1.77 bits per heavy atom. The van der Waals surface area contributed by atoms with Crippen LogP contribution in [0.25, 0.3) is 0 Å². The highest BCUT2D eigenvalue weighted by Gasteiger charge is 2.37. The Labute approximate surface area is 172 Å². The first-order valence-electron chi connectivity index (χ1n) is 8.57. The van der Waals surface area contributed by atoms with Crippen molar-refractivity contribution in [1.29, 1.82) is 0 Å². The molecule has 0 bridgehead atoms. The molecule has 0 saturated heterocycles. The van der Waals surface area contributed by atoms with Gasteiger partial charge in [-0.3, -0.25) is 20.4 Å². The molecular formula is C19H16F6N2O4. The molecule has 2 amide bonds. The molecule has 2 rings (SSSR count). The molecule has 168 valence electrons. The molecule has 0 aromatic heterocycles. The van der Waals surface area contributed by atoms with E-state index in [9.17, 15) is 35.9 Å². The van der Waals surface area contributed by atoms with Gasteiger partial charge in [0.05, 0.1) is 24.8 Å². The first-order chi connectivity index (χ1) is 14.4. The maximum absolute atomic E-state index is 12.9. The van der Waals surface area contributed by atoms with Gasteiger partial charge in [-0.05, 0) is 43.3 Å². The van der Waals surface area contributed by atoms with Crippen LogP contribution in [0.15, 0.2) is 36.4 Å². The number of nitrogens with one attached hydrogen (secondary N) is 2. The predicted molar refractivity (Wildman–Crippen MR) is 95.5 cm³/mol. The monoisotopic (exact) mass is 450 g/mol. The molecule has 2 aromatic rings. The molecule has 12 heteroatoms. The third kappa shape index (κ3) is 6.03. The zero-order valence-corrected chi connectivity index (χ0v) is 16.1. The second-order valence-corrected chi connectivity index (χ2v) is 6.00. The van der Waals surface area contributed by atoms with Crippen LogP contribution in [0.5, 0.6) is 11.5 Å². The largest absolute Gasteiger partial charge is 0.493 e. The van der Waals surface area contributed by atoms with Crippen molar-refractivity contribution in [3.8, 4) is 11.5 Å². The standard InChI is InChI=1S/C19H16F6N2O4/c1-3-31-14-5-4-10(8-15(14)30-2)16(28)26-27-17(29)11-6-12(18(20,21)22)9-13(7-11)19(23,24)25/h4-9H,3H2,1-2H3,(H,26,28)(H,27,29). The number of ether oxygens (including phenoxy) is 2. The van der Waals surface area contributed by atoms with Crippen LogP contribution in [0, 0.1) is 0 Å². The minimum Gasteiger partial charge on any atom is -0.493 e. The lowest BCUT2D eigenvalue weighted by atomic mass is 10.0. The smallest absolute Gasteiger partial charge is 0.416 e. The first-order valence-corrected chi connectivity index (χ1v) is 8.57. The van der Waals surface area contributed by atoms with Crippen LogP contribution in [0.3, 0.4) is 0 Å². The third-order valence-corrected chi connectivity index (χ3v) is 3.87. The van der Waals surface area contributed by atoms with Gasteiger partial charge in [0.25, 0.3) is 11.8 Å². The van der Waals surface area contributed by atoms with E-state index in [0.29, 0.717) is 12.4 Å². The van der Waals surface area contributed by atoms with E-state index in [1.54, 1.807) is 12.3 Å². The van der Waals surface area contributed by atoms with Gasteiger partial charge in [-0.1, -0.05) is 0 Å². The Morgan fingerprint density at radius 1 is 0.806 bits per heavy atom. The molecule has 2 N–H and O–H groups in total. The summed E-state index contributed by atoms with van der Waals surface area (Å²) in [5.74, 6) is -1.72. The summed E-state index contributed by atoms with van der Waals surface area (Å²) in [5.41, 5.74) is -0.561. The highest BCUT2D eigenvalue weighted by Crippen LogP contribution is 2.36. The first kappa shape index (κ1) is 23.8. The van der Waals surface area contributed by atoms with Crippen molar-refractivity contribution in [1.82, 2.24) is 10.9 Å². The zero-order chi connectivity index (χ0) is 23.4. The van der Waals surface area contributed by atoms with E-state index in [-0.39, 0.29) is 29.5 Å². The van der Waals surface area contributed by atoms with E-state index < -0.39 is 40.9 Å². The summed E-state index contributed by atoms with van der Waals surface area (Å²) in [4.78, 5) is 24.3. The fourth-order valence-electron chi connectivity index (χ4n) is 2.43. The quantitative estimate of drug-likeness (QED) is 0.529. The van der Waals surface area contributed by atoms with Crippen molar-refractivity contribution in [2.24, 2.45) is 0 Å². The lowest BCUT2D eigenvalue weighted by Crippen LogP contribution is -2.41. The summed E-state index contributed by atoms with van der Waals surface area (Å²) in [5, 5.41) is 0. The van der Waals surface area contributed by atoms with E-state index in [2.05, 4.69) is 0 Å². The number of hydrogen-bond donors (Lipinski definition) is 2. The molecule has 0 spiro atoms. The van der Waals surface area contributed by atoms with Crippen LogP contribution in [-0.2, 0) is 12.4 Å². The Hall–Kier alpha value is -3.44. The van der Waals surface area contributed by atoms with Gasteiger partial charge in [0.2, 0.25) is 0 Å². The van der Waals surface area contributed by atoms with Gasteiger partial charge >= 0.3 is 12.4 Å². The number of methoxy groups -OCH3 is 1. The second-order valence-electron chi connectivity index (χ2n) is 6.00. The van der Waals surface area contributed by atoms with Crippen molar-refractivity contribution < 1.29 is 45.4 Å². The van der Waals surface area contributed by atoms with Crippen molar-refractivity contribution in [3.63, 3.8) is 0 Å². The molecule has 0 aliphatic rings. The second kappa shape index (κ2) is 9.14. The number of amides is 2. The molecule has 0 saturated carbocycles. The summed E-state index contributed by atoms with van der Waals surface area (Å²) in [7, 11) is 1.33. The third-order valence-electron chi connectivity index (χ3n) is 3.87. The van der Waals surface area contributed by atoms with Gasteiger partial charge in [-0.15, -0.1) is 0 Å². The number of carbonyl (C=O) groups is 2. The van der Waals surface area contributed by atoms with E-state index >= 15 is 0 Å². The average Bonchev–Trinajstić information content (AvgIpc) is 2.70. The van der Waals surface area contributed by atoms with E-state index in [1.165, 1.54) is 25.3 Å². The number of rotatable bonds is 5. The minimum absolute atomic E-state index is 0.0133. The number of hydrazine groups is 1. The highest BCUT2D eigenvalue weighted by atomic mass is 19.4. The van der Waals surface area contributed by atoms with Gasteiger partial charge in [0.1, 0.15) is 0 Å². The van der Waals surface area contributed by atoms with Crippen molar-refractivity contribution in [2.45, 2.75) is 19.3 Å². The number of halogens is 6. The van der Waals surface area contributed by atoms with Gasteiger partial charge in [-0.25, -0.2) is 0 Å². The fraction of sp³-hybridized carbons (Fsp3) is 0.263. The average molecular weight is 450 g/mol. The molecule has 0 aliphatic heterocycles. The van der Waals surface area contributed by atoms with E-state index in [1.807, 2.05) is 5.43 Å². The molecule has 0 heterocycles. The Kier molecular flexibility index (Phi) is 7.03. The van der Waals surface area contributed by atoms with E-state index in [0.717, 1.165) is 0 Å². The molecule has 2 aromatic carbocycles. The minimum atomic E-state index is -5.11. The molecule has 0 unspecified atom stereocenters. The van der Waals surface area contributed by atoms with Crippen LogP contribution < -0.4 is 20.3 Å². The van der Waals surface area contributed by atoms with Crippen molar-refractivity contribution in [3.05, 3.63) is 58.7 Å². The Bertz CT molecular complexity index is 941. The lowest BCUT2D eigenvalue weighted by Gasteiger charge is -2.15. The Balaban J connectivity index is 2.21. The summed E-state index contributed by atoms with van der Waals surface area (Å²) < 4.78 is 87.8. The maximum Gasteiger partial charge on any atom is 0.416 e. The molecule has 31 heavy (non-hydrogen) atoms. The number of carbonyl (C=O) groups excluding carboxylic acids is 2. The number of benzene rings is 2. The highest BCUT2D eigenvalue weighted by molar-refractivity contribution is 5.99. The van der Waals surface area contributed by atoms with Gasteiger partial charge in [0, 0.05) is 11.1 Å². The van der Waals surface area contributed by atoms with Crippen molar-refractivity contribution in [2.75, 3.05) is 13.7 Å². The molecule has 0 fully saturated rings. The van der Waals surface area contributed by atoms with Crippen molar-refractivity contribution >= 4 is 11.8 Å². The van der Waals surface area contributed by atoms with Gasteiger partial charge in [-0.2, -0.15) is 26.3 Å². The molecule has 0 radical (unpaired) electrons. The van der Waals surface area contributed by atoms with Crippen LogP contribution in [0.1, 0.15) is 38.8 Å². The summed E-state index contributed by atoms with van der Waals surface area (Å²) in [6.45, 7) is 2.06. The maximum atomic E-state index is 12.9. The lowest BCUT2D eigenvalue weighted by molar-refractivity contribution is -0.143. The van der Waals surface area contributed by atoms with Gasteiger partial charge < -0.3 is 9.47 Å². The van der Waals surface area contributed by atoms with Crippen LogP contribution >= 0.6 is 0 Å². The SMILES string of the molecule is CCOc1ccc(C(=O)NNC(=O)c2cc(C(F)(F)F)cc(C(F)(F)F)c2)cc1OC. The van der Waals surface area contributed by atoms with E-state index in [4.69, 9.17) is 9.47 Å². The normalized spacial score (nSPS) is 11.6. The molecule has 6 nitrogen and oxygen atoms in total. The van der Waals surface area contributed by atoms with Crippen LogP contribution in [0.2, 0.25) is 0 Å². The number of hydrogen-bond acceptors (Lipinski definition) is 4. The fourth-order valence-corrected chi connectivity index (χ4v) is 2.43. The summed E-state index contributed by atoms with van der Waals surface area (Å²) in [6.07, 6.45) is -10.2. The topological polar surface area (TPSA) is 76.7 Å². The Morgan fingerprint density at radius 2 is 1.32 bits per heavy atom. The molecule has 0 atom stereocenters.